The van der Waals surface area contributed by atoms with Crippen molar-refractivity contribution in [2.75, 3.05) is 13.6 Å². The van der Waals surface area contributed by atoms with Gasteiger partial charge in [-0.2, -0.15) is 0 Å². The molecule has 25 heavy (non-hydrogen) atoms. The number of benzene rings is 1. The average molecular weight is 476 g/mol. The third kappa shape index (κ3) is 7.22. The van der Waals surface area contributed by atoms with Crippen LogP contribution in [0.2, 0.25) is 5.15 Å². The van der Waals surface area contributed by atoms with Gasteiger partial charge >= 0.3 is 0 Å². The number of rotatable bonds is 6. The fourth-order valence-corrected chi connectivity index (χ4v) is 2.13. The van der Waals surface area contributed by atoms with Crippen molar-refractivity contribution < 1.29 is 4.92 Å². The van der Waals surface area contributed by atoms with E-state index in [2.05, 4.69) is 20.6 Å². The maximum Gasteiger partial charge on any atom is 0.269 e. The van der Waals surface area contributed by atoms with E-state index in [0.717, 1.165) is 17.5 Å². The van der Waals surface area contributed by atoms with Gasteiger partial charge in [-0.15, -0.1) is 24.0 Å². The number of nitro benzene ring substituents is 1. The van der Waals surface area contributed by atoms with Crippen LogP contribution in [0.1, 0.15) is 11.1 Å². The summed E-state index contributed by atoms with van der Waals surface area (Å²) >= 11 is 5.75. The summed E-state index contributed by atoms with van der Waals surface area (Å²) in [4.78, 5) is 18.4. The third-order valence-electron chi connectivity index (χ3n) is 3.33. The normalized spacial score (nSPS) is 10.7. The number of nitrogens with zero attached hydrogens (tertiary/aromatic N) is 3. The second kappa shape index (κ2) is 10.8. The van der Waals surface area contributed by atoms with Gasteiger partial charge in [-0.3, -0.25) is 15.1 Å². The van der Waals surface area contributed by atoms with E-state index in [4.69, 9.17) is 11.6 Å². The smallest absolute Gasteiger partial charge is 0.269 e. The number of non-ortho nitro benzene ring substituents is 1. The highest BCUT2D eigenvalue weighted by Crippen LogP contribution is 2.11. The van der Waals surface area contributed by atoms with E-state index in [0.29, 0.717) is 24.2 Å². The molecular formula is C16H19ClIN5O2. The maximum absolute atomic E-state index is 10.6. The molecule has 1 heterocycles. The molecule has 2 aromatic rings. The number of nitro groups is 1. The second-order valence-electron chi connectivity index (χ2n) is 5.02. The summed E-state index contributed by atoms with van der Waals surface area (Å²) in [6.07, 6.45) is 2.54. The molecule has 0 aliphatic rings. The minimum atomic E-state index is -0.413. The average Bonchev–Trinajstić information content (AvgIpc) is 2.60. The summed E-state index contributed by atoms with van der Waals surface area (Å²) in [5.41, 5.74) is 2.10. The fourth-order valence-electron chi connectivity index (χ4n) is 2.02. The number of hydrogen-bond donors (Lipinski definition) is 2. The number of aliphatic imine (C=N–C) groups is 1. The number of halogens is 2. The van der Waals surface area contributed by atoms with Crippen molar-refractivity contribution >= 4 is 47.2 Å². The van der Waals surface area contributed by atoms with Gasteiger partial charge in [-0.05, 0) is 23.6 Å². The minimum Gasteiger partial charge on any atom is -0.356 e. The van der Waals surface area contributed by atoms with Crippen LogP contribution in [0.25, 0.3) is 0 Å². The van der Waals surface area contributed by atoms with Crippen molar-refractivity contribution in [3.05, 3.63) is 69.0 Å². The monoisotopic (exact) mass is 475 g/mol. The molecule has 2 N–H and O–H groups in total. The quantitative estimate of drug-likeness (QED) is 0.167. The number of hydrogen-bond acceptors (Lipinski definition) is 4. The Balaban J connectivity index is 0.00000312. The molecule has 7 nitrogen and oxygen atoms in total. The van der Waals surface area contributed by atoms with E-state index in [9.17, 15) is 10.1 Å². The molecular weight excluding hydrogens is 457 g/mol. The highest BCUT2D eigenvalue weighted by atomic mass is 127. The standard InChI is InChI=1S/C16H18ClN5O2.HI/c1-18-16(19-9-8-13-4-7-15(17)20-10-13)21-11-12-2-5-14(6-3-12)22(23)24;/h2-7,10H,8-9,11H2,1H3,(H2,18,19,21);1H. The van der Waals surface area contributed by atoms with Gasteiger partial charge in [0, 0.05) is 38.5 Å². The van der Waals surface area contributed by atoms with Crippen molar-refractivity contribution in [2.24, 2.45) is 4.99 Å². The van der Waals surface area contributed by atoms with Crippen molar-refractivity contribution in [1.82, 2.24) is 15.6 Å². The first-order valence-corrected chi connectivity index (χ1v) is 7.74. The molecule has 0 aliphatic heterocycles. The lowest BCUT2D eigenvalue weighted by molar-refractivity contribution is -0.384. The topological polar surface area (TPSA) is 92.5 Å². The zero-order chi connectivity index (χ0) is 17.4. The Hall–Kier alpha value is -1.94. The molecule has 2 rings (SSSR count). The molecule has 0 saturated carbocycles. The molecule has 0 atom stereocenters. The summed E-state index contributed by atoms with van der Waals surface area (Å²) in [7, 11) is 1.69. The lowest BCUT2D eigenvalue weighted by Gasteiger charge is -2.12. The molecule has 0 unspecified atom stereocenters. The van der Waals surface area contributed by atoms with E-state index in [-0.39, 0.29) is 29.7 Å². The highest BCUT2D eigenvalue weighted by Gasteiger charge is 2.04. The van der Waals surface area contributed by atoms with Crippen LogP contribution in [0, 0.1) is 10.1 Å². The number of pyridine rings is 1. The molecule has 0 saturated heterocycles. The van der Waals surface area contributed by atoms with Gasteiger partial charge in [0.1, 0.15) is 5.15 Å². The predicted molar refractivity (Wildman–Crippen MR) is 110 cm³/mol. The van der Waals surface area contributed by atoms with Crippen LogP contribution in [0.3, 0.4) is 0 Å². The van der Waals surface area contributed by atoms with Crippen molar-refractivity contribution in [1.29, 1.82) is 0 Å². The molecule has 0 spiro atoms. The lowest BCUT2D eigenvalue weighted by Crippen LogP contribution is -2.37. The number of nitrogens with one attached hydrogen (secondary N) is 2. The molecule has 134 valence electrons. The van der Waals surface area contributed by atoms with E-state index in [1.165, 1.54) is 12.1 Å². The minimum absolute atomic E-state index is 0. The molecule has 1 aromatic heterocycles. The van der Waals surface area contributed by atoms with Crippen LogP contribution in [0.15, 0.2) is 47.6 Å². The van der Waals surface area contributed by atoms with E-state index < -0.39 is 4.92 Å². The summed E-state index contributed by atoms with van der Waals surface area (Å²) in [5, 5.41) is 17.5. The molecule has 0 bridgehead atoms. The molecule has 0 amide bonds. The Kier molecular flexibility index (Phi) is 9.14. The first-order valence-electron chi connectivity index (χ1n) is 7.37. The Morgan fingerprint density at radius 2 is 1.88 bits per heavy atom. The predicted octanol–water partition coefficient (Wildman–Crippen LogP) is 3.17. The lowest BCUT2D eigenvalue weighted by atomic mass is 10.2. The van der Waals surface area contributed by atoms with Gasteiger partial charge in [0.15, 0.2) is 5.96 Å². The second-order valence-corrected chi connectivity index (χ2v) is 5.40. The first-order chi connectivity index (χ1) is 11.6. The van der Waals surface area contributed by atoms with Crippen LogP contribution in [0.5, 0.6) is 0 Å². The molecule has 0 aliphatic carbocycles. The third-order valence-corrected chi connectivity index (χ3v) is 3.55. The summed E-state index contributed by atoms with van der Waals surface area (Å²) in [6.45, 7) is 1.23. The Bertz CT molecular complexity index is 707. The Morgan fingerprint density at radius 3 is 2.44 bits per heavy atom. The van der Waals surface area contributed by atoms with Crippen molar-refractivity contribution in [3.63, 3.8) is 0 Å². The molecule has 0 radical (unpaired) electrons. The first kappa shape index (κ1) is 21.1. The van der Waals surface area contributed by atoms with Gasteiger partial charge < -0.3 is 10.6 Å². The van der Waals surface area contributed by atoms with Gasteiger partial charge in [0.2, 0.25) is 0 Å². The van der Waals surface area contributed by atoms with Crippen molar-refractivity contribution in [2.45, 2.75) is 13.0 Å². The number of aromatic nitrogens is 1. The molecule has 9 heteroatoms. The van der Waals surface area contributed by atoms with E-state index in [1.54, 1.807) is 31.4 Å². The zero-order valence-corrected chi connectivity index (χ0v) is 16.7. The van der Waals surface area contributed by atoms with Gasteiger partial charge in [-0.1, -0.05) is 29.8 Å². The van der Waals surface area contributed by atoms with Crippen LogP contribution < -0.4 is 10.6 Å². The Labute approximate surface area is 168 Å². The SMILES string of the molecule is CN=C(NCCc1ccc(Cl)nc1)NCc1ccc([N+](=O)[O-])cc1.I. The zero-order valence-electron chi connectivity index (χ0n) is 13.6. The molecule has 1 aromatic carbocycles. The van der Waals surface area contributed by atoms with Gasteiger partial charge in [0.05, 0.1) is 4.92 Å². The van der Waals surface area contributed by atoms with E-state index >= 15 is 0 Å². The van der Waals surface area contributed by atoms with Crippen molar-refractivity contribution in [3.8, 4) is 0 Å². The highest BCUT2D eigenvalue weighted by molar-refractivity contribution is 14.0. The summed E-state index contributed by atoms with van der Waals surface area (Å²) < 4.78 is 0. The molecule has 0 fully saturated rings. The fraction of sp³-hybridized carbons (Fsp3) is 0.250. The summed E-state index contributed by atoms with van der Waals surface area (Å²) in [5.74, 6) is 0.662. The Morgan fingerprint density at radius 1 is 1.20 bits per heavy atom. The van der Waals surface area contributed by atoms with Crippen LogP contribution in [-0.2, 0) is 13.0 Å². The number of guanidine groups is 1. The maximum atomic E-state index is 10.6. The summed E-state index contributed by atoms with van der Waals surface area (Å²) in [6, 6.07) is 10.1. The van der Waals surface area contributed by atoms with Gasteiger partial charge in [0.25, 0.3) is 5.69 Å². The largest absolute Gasteiger partial charge is 0.356 e. The van der Waals surface area contributed by atoms with Crippen LogP contribution in [0.4, 0.5) is 5.69 Å². The van der Waals surface area contributed by atoms with Crippen LogP contribution >= 0.6 is 35.6 Å². The van der Waals surface area contributed by atoms with Crippen LogP contribution in [-0.4, -0.2) is 29.5 Å². The van der Waals surface area contributed by atoms with E-state index in [1.807, 2.05) is 6.07 Å². The van der Waals surface area contributed by atoms with Gasteiger partial charge in [-0.25, -0.2) is 4.98 Å².